The molecule has 20 heavy (non-hydrogen) atoms. The molecule has 0 aromatic carbocycles. The lowest BCUT2D eigenvalue weighted by atomic mass is 9.87. The molecule has 0 aliphatic heterocycles. The molecule has 0 spiro atoms. The molecule has 0 aromatic rings. The van der Waals surface area contributed by atoms with Crippen molar-refractivity contribution in [2.24, 2.45) is 5.41 Å². The molecule has 5 heteroatoms. The molecule has 0 aromatic heterocycles. The van der Waals surface area contributed by atoms with Gasteiger partial charge in [0.05, 0.1) is 6.54 Å². The van der Waals surface area contributed by atoms with Gasteiger partial charge in [0.2, 0.25) is 5.91 Å². The number of hydrogen-bond acceptors (Lipinski definition) is 2. The molecule has 0 heterocycles. The van der Waals surface area contributed by atoms with Crippen molar-refractivity contribution >= 4 is 21.5 Å². The van der Waals surface area contributed by atoms with Crippen LogP contribution >= 0.6 is 0 Å². The highest BCUT2D eigenvalue weighted by Crippen LogP contribution is 2.24. The van der Waals surface area contributed by atoms with Crippen LogP contribution in [0.4, 0.5) is 0 Å². The first-order valence-electron chi connectivity index (χ1n) is 6.94. The molecule has 0 N–H and O–H groups in total. The number of carbonyl (C=O) groups is 1. The highest BCUT2D eigenvalue weighted by Gasteiger charge is 2.32. The fraction of sp³-hybridized carbons (Fsp3) is 0.867. The molecule has 1 amide bonds. The van der Waals surface area contributed by atoms with Crippen molar-refractivity contribution < 1.29 is 9.00 Å². The third-order valence-corrected chi connectivity index (χ3v) is 5.33. The van der Waals surface area contributed by atoms with Gasteiger partial charge in [0, 0.05) is 34.6 Å². The van der Waals surface area contributed by atoms with Crippen LogP contribution in [0, 0.1) is 5.41 Å². The van der Waals surface area contributed by atoms with Crippen LogP contribution in [0.3, 0.4) is 0 Å². The quantitative estimate of drug-likeness (QED) is 0.747. The summed E-state index contributed by atoms with van der Waals surface area (Å²) in [5.74, 6) is 3.70. The van der Waals surface area contributed by atoms with E-state index >= 15 is 0 Å². The average Bonchev–Trinajstić information content (AvgIpc) is 2.18. The van der Waals surface area contributed by atoms with Gasteiger partial charge in [0.15, 0.2) is 0 Å². The van der Waals surface area contributed by atoms with Gasteiger partial charge < -0.3 is 4.90 Å². The van der Waals surface area contributed by atoms with Gasteiger partial charge in [-0.3, -0.25) is 9.00 Å². The standard InChI is InChI=1S/C15H32N2O2S/c1-12(14(2,3)4)16(8)13(18)11-17(15(5,6)7)20(9,10)19/h12H,9,11H2,1-8,10H3/t12-,20?/m1/s1. The zero-order valence-corrected chi connectivity index (χ0v) is 15.4. The van der Waals surface area contributed by atoms with Crippen molar-refractivity contribution in [3.05, 3.63) is 0 Å². The maximum atomic E-state index is 12.5. The van der Waals surface area contributed by atoms with Crippen molar-refractivity contribution in [1.82, 2.24) is 9.21 Å². The average molecular weight is 305 g/mol. The molecule has 0 radical (unpaired) electrons. The molecule has 0 rings (SSSR count). The number of hydrogen-bond donors (Lipinski definition) is 0. The smallest absolute Gasteiger partial charge is 0.237 e. The van der Waals surface area contributed by atoms with Crippen LogP contribution in [0.2, 0.25) is 0 Å². The Kier molecular flexibility index (Phi) is 5.89. The normalized spacial score (nSPS) is 17.7. The lowest BCUT2D eigenvalue weighted by Gasteiger charge is -2.39. The van der Waals surface area contributed by atoms with E-state index in [1.807, 2.05) is 27.7 Å². The summed E-state index contributed by atoms with van der Waals surface area (Å²) in [4.78, 5) is 14.2. The molecular weight excluding hydrogens is 272 g/mol. The van der Waals surface area contributed by atoms with Gasteiger partial charge in [-0.2, -0.15) is 0 Å². The van der Waals surface area contributed by atoms with Crippen molar-refractivity contribution in [3.63, 3.8) is 0 Å². The summed E-state index contributed by atoms with van der Waals surface area (Å²) in [6.45, 7) is 14.3. The van der Waals surface area contributed by atoms with Crippen molar-refractivity contribution in [1.29, 1.82) is 0 Å². The molecule has 0 aliphatic carbocycles. The van der Waals surface area contributed by atoms with Crippen molar-refractivity contribution in [2.45, 2.75) is 60.0 Å². The summed E-state index contributed by atoms with van der Waals surface area (Å²) < 4.78 is 14.0. The van der Waals surface area contributed by atoms with Crippen LogP contribution in [0.1, 0.15) is 48.5 Å². The molecule has 0 saturated carbocycles. The van der Waals surface area contributed by atoms with Crippen LogP contribution in [-0.2, 0) is 14.5 Å². The number of likely N-dealkylation sites (N-methyl/N-ethyl adjacent to an activating group) is 1. The molecule has 0 fully saturated rings. The van der Waals surface area contributed by atoms with E-state index in [9.17, 15) is 9.00 Å². The molecule has 0 saturated heterocycles. The van der Waals surface area contributed by atoms with E-state index in [0.717, 1.165) is 0 Å². The third kappa shape index (κ3) is 5.44. The predicted molar refractivity (Wildman–Crippen MR) is 89.3 cm³/mol. The Bertz CT molecular complexity index is 441. The summed E-state index contributed by atoms with van der Waals surface area (Å²) in [6.07, 6.45) is 1.58. The molecular formula is C15H32N2O2S. The predicted octanol–water partition coefficient (Wildman–Crippen LogP) is 2.24. The van der Waals surface area contributed by atoms with Gasteiger partial charge >= 0.3 is 0 Å². The minimum atomic E-state index is -2.43. The van der Waals surface area contributed by atoms with E-state index in [4.69, 9.17) is 0 Å². The number of rotatable bonds is 4. The number of carbonyl (C=O) groups excluding carboxylic acids is 1. The fourth-order valence-electron chi connectivity index (χ4n) is 1.98. The van der Waals surface area contributed by atoms with E-state index in [1.165, 1.54) is 0 Å². The van der Waals surface area contributed by atoms with Crippen LogP contribution in [0.5, 0.6) is 0 Å². The monoisotopic (exact) mass is 304 g/mol. The maximum absolute atomic E-state index is 12.5. The van der Waals surface area contributed by atoms with Gasteiger partial charge in [-0.25, -0.2) is 4.31 Å². The SMILES string of the molecule is C=S(C)(=O)N(CC(=O)N(C)[C@H](C)C(C)(C)C)C(C)(C)C. The first-order chi connectivity index (χ1) is 8.58. The Morgan fingerprint density at radius 3 is 1.85 bits per heavy atom. The van der Waals surface area contributed by atoms with Gasteiger partial charge in [-0.05, 0) is 39.0 Å². The Labute approximate surface area is 125 Å². The molecule has 120 valence electrons. The van der Waals surface area contributed by atoms with Crippen LogP contribution < -0.4 is 0 Å². The molecule has 2 atom stereocenters. The Morgan fingerprint density at radius 2 is 1.60 bits per heavy atom. The molecule has 4 nitrogen and oxygen atoms in total. The lowest BCUT2D eigenvalue weighted by molar-refractivity contribution is -0.134. The fourth-order valence-corrected chi connectivity index (χ4v) is 3.53. The van der Waals surface area contributed by atoms with Crippen molar-refractivity contribution in [3.8, 4) is 0 Å². The van der Waals surface area contributed by atoms with Gasteiger partial charge in [0.1, 0.15) is 0 Å². The largest absolute Gasteiger partial charge is 0.341 e. The van der Waals surface area contributed by atoms with Crippen molar-refractivity contribution in [2.75, 3.05) is 19.8 Å². The molecule has 1 unspecified atom stereocenters. The summed E-state index contributed by atoms with van der Waals surface area (Å²) in [7, 11) is -0.621. The Morgan fingerprint density at radius 1 is 1.20 bits per heavy atom. The van der Waals surface area contributed by atoms with Crippen LogP contribution in [0.15, 0.2) is 0 Å². The maximum Gasteiger partial charge on any atom is 0.237 e. The first-order valence-corrected chi connectivity index (χ1v) is 9.03. The van der Waals surface area contributed by atoms with E-state index in [-0.39, 0.29) is 29.4 Å². The number of amides is 1. The second kappa shape index (κ2) is 6.06. The highest BCUT2D eigenvalue weighted by molar-refractivity contribution is 7.97. The van der Waals surface area contributed by atoms with E-state index < -0.39 is 9.71 Å². The minimum absolute atomic E-state index is 0.00899. The summed E-state index contributed by atoms with van der Waals surface area (Å²) >= 11 is 0. The Hall–Kier alpha value is -0.550. The molecule has 0 bridgehead atoms. The second-order valence-corrected chi connectivity index (χ2v) is 10.1. The zero-order chi connectivity index (χ0) is 16.5. The van der Waals surface area contributed by atoms with Crippen LogP contribution in [0.25, 0.3) is 0 Å². The first kappa shape index (κ1) is 19.4. The van der Waals surface area contributed by atoms with E-state index in [0.29, 0.717) is 0 Å². The van der Waals surface area contributed by atoms with Gasteiger partial charge in [-0.1, -0.05) is 20.8 Å². The van der Waals surface area contributed by atoms with E-state index in [1.54, 1.807) is 22.5 Å². The number of nitrogens with zero attached hydrogens (tertiary/aromatic N) is 2. The minimum Gasteiger partial charge on any atom is -0.341 e. The summed E-state index contributed by atoms with van der Waals surface area (Å²) in [6, 6.07) is 0.106. The highest BCUT2D eigenvalue weighted by atomic mass is 32.2. The van der Waals surface area contributed by atoms with Gasteiger partial charge in [0.25, 0.3) is 0 Å². The lowest BCUT2D eigenvalue weighted by Crippen LogP contribution is -2.52. The zero-order valence-electron chi connectivity index (χ0n) is 14.6. The van der Waals surface area contributed by atoms with E-state index in [2.05, 4.69) is 26.6 Å². The second-order valence-electron chi connectivity index (χ2n) is 7.71. The third-order valence-electron chi connectivity index (χ3n) is 3.72. The van der Waals surface area contributed by atoms with Crippen LogP contribution in [-0.4, -0.2) is 56.6 Å². The Balaban J connectivity index is 5.15. The molecule has 0 aliphatic rings. The van der Waals surface area contributed by atoms with Gasteiger partial charge in [-0.15, -0.1) is 0 Å². The topological polar surface area (TPSA) is 40.6 Å². The summed E-state index contributed by atoms with van der Waals surface area (Å²) in [5, 5.41) is 0. The summed E-state index contributed by atoms with van der Waals surface area (Å²) in [5.41, 5.74) is -0.357.